The fourth-order valence-electron chi connectivity index (χ4n) is 3.12. The molecule has 0 heterocycles. The van der Waals surface area contributed by atoms with Crippen LogP contribution in [0.5, 0.6) is 5.75 Å². The highest BCUT2D eigenvalue weighted by Gasteiger charge is 2.33. The van der Waals surface area contributed by atoms with Crippen molar-refractivity contribution >= 4 is 24.1 Å². The Hall–Kier alpha value is -1.59. The second-order valence-electron chi connectivity index (χ2n) is 6.24. The summed E-state index contributed by atoms with van der Waals surface area (Å²) in [4.78, 5) is 24.2. The number of benzene rings is 1. The van der Waals surface area contributed by atoms with Crippen molar-refractivity contribution in [2.75, 3.05) is 13.7 Å². The van der Waals surface area contributed by atoms with Crippen LogP contribution >= 0.6 is 12.4 Å². The Bertz CT molecular complexity index is 540. The Morgan fingerprint density at radius 3 is 2.33 bits per heavy atom. The molecule has 0 bridgehead atoms. The van der Waals surface area contributed by atoms with Gasteiger partial charge in [0, 0.05) is 24.9 Å². The van der Waals surface area contributed by atoms with Gasteiger partial charge in [-0.3, -0.25) is 9.59 Å². The molecule has 0 spiro atoms. The third-order valence-corrected chi connectivity index (χ3v) is 4.58. The standard InChI is InChI=1S/C18H26N2O3.ClH/c1-23-15-9-7-14(8-10-15)16(21)5-4-6-17(22)20-18(13-19)11-2-3-12-18;/h7-10H,2-6,11-13,19H2,1H3,(H,20,22);1H. The molecule has 0 radical (unpaired) electrons. The number of halogens is 1. The second kappa shape index (κ2) is 9.64. The number of Topliss-reactive ketones (excluding diaryl/α,β-unsaturated/α-hetero) is 1. The molecule has 24 heavy (non-hydrogen) atoms. The predicted octanol–water partition coefficient (Wildman–Crippen LogP) is 2.86. The molecule has 1 fully saturated rings. The first-order chi connectivity index (χ1) is 11.1. The number of hydrogen-bond donors (Lipinski definition) is 2. The minimum Gasteiger partial charge on any atom is -0.497 e. The lowest BCUT2D eigenvalue weighted by Crippen LogP contribution is -2.51. The number of nitrogens with two attached hydrogens (primary N) is 1. The number of nitrogens with one attached hydrogen (secondary N) is 1. The van der Waals surface area contributed by atoms with Gasteiger partial charge in [-0.15, -0.1) is 12.4 Å². The summed E-state index contributed by atoms with van der Waals surface area (Å²) in [5, 5.41) is 3.08. The van der Waals surface area contributed by atoms with E-state index in [1.54, 1.807) is 31.4 Å². The number of amides is 1. The van der Waals surface area contributed by atoms with Crippen molar-refractivity contribution in [2.24, 2.45) is 5.73 Å². The number of ketones is 1. The Kier molecular flexibility index (Phi) is 8.22. The van der Waals surface area contributed by atoms with Crippen molar-refractivity contribution < 1.29 is 14.3 Å². The summed E-state index contributed by atoms with van der Waals surface area (Å²) in [5.74, 6) is 0.777. The zero-order valence-electron chi connectivity index (χ0n) is 14.2. The summed E-state index contributed by atoms with van der Waals surface area (Å²) >= 11 is 0. The third-order valence-electron chi connectivity index (χ3n) is 4.58. The van der Waals surface area contributed by atoms with E-state index in [-0.39, 0.29) is 29.6 Å². The molecule has 5 nitrogen and oxygen atoms in total. The van der Waals surface area contributed by atoms with E-state index in [0.717, 1.165) is 31.4 Å². The zero-order chi connectivity index (χ0) is 16.7. The number of carbonyl (C=O) groups is 2. The molecular formula is C18H27ClN2O3. The number of hydrogen-bond acceptors (Lipinski definition) is 4. The molecule has 1 aromatic carbocycles. The van der Waals surface area contributed by atoms with Crippen molar-refractivity contribution in [2.45, 2.75) is 50.5 Å². The maximum Gasteiger partial charge on any atom is 0.220 e. The van der Waals surface area contributed by atoms with Gasteiger partial charge in [0.05, 0.1) is 12.6 Å². The molecule has 1 aliphatic carbocycles. The van der Waals surface area contributed by atoms with Crippen LogP contribution < -0.4 is 15.8 Å². The van der Waals surface area contributed by atoms with E-state index in [4.69, 9.17) is 10.5 Å². The van der Waals surface area contributed by atoms with E-state index >= 15 is 0 Å². The fourth-order valence-corrected chi connectivity index (χ4v) is 3.12. The monoisotopic (exact) mass is 354 g/mol. The maximum absolute atomic E-state index is 12.1. The van der Waals surface area contributed by atoms with Crippen molar-refractivity contribution in [1.29, 1.82) is 0 Å². The van der Waals surface area contributed by atoms with E-state index in [1.165, 1.54) is 0 Å². The molecule has 1 amide bonds. The van der Waals surface area contributed by atoms with Crippen LogP contribution in [0.2, 0.25) is 0 Å². The van der Waals surface area contributed by atoms with Crippen LogP contribution in [0.3, 0.4) is 0 Å². The van der Waals surface area contributed by atoms with E-state index in [9.17, 15) is 9.59 Å². The van der Waals surface area contributed by atoms with Crippen molar-refractivity contribution in [3.63, 3.8) is 0 Å². The summed E-state index contributed by atoms with van der Waals surface area (Å²) in [7, 11) is 1.59. The van der Waals surface area contributed by atoms with Crippen LogP contribution in [-0.2, 0) is 4.79 Å². The van der Waals surface area contributed by atoms with Gasteiger partial charge in [-0.25, -0.2) is 0 Å². The second-order valence-corrected chi connectivity index (χ2v) is 6.24. The average Bonchev–Trinajstić information content (AvgIpc) is 3.03. The van der Waals surface area contributed by atoms with Gasteiger partial charge in [0.1, 0.15) is 5.75 Å². The van der Waals surface area contributed by atoms with Gasteiger partial charge in [0.15, 0.2) is 5.78 Å². The molecule has 0 saturated heterocycles. The highest BCUT2D eigenvalue weighted by atomic mass is 35.5. The molecule has 6 heteroatoms. The predicted molar refractivity (Wildman–Crippen MR) is 96.8 cm³/mol. The van der Waals surface area contributed by atoms with Crippen LogP contribution in [0, 0.1) is 0 Å². The van der Waals surface area contributed by atoms with Crippen LogP contribution in [-0.4, -0.2) is 30.9 Å². The van der Waals surface area contributed by atoms with E-state index in [1.807, 2.05) is 0 Å². The molecule has 2 rings (SSSR count). The van der Waals surface area contributed by atoms with Crippen molar-refractivity contribution in [3.05, 3.63) is 29.8 Å². The van der Waals surface area contributed by atoms with Gasteiger partial charge in [0.2, 0.25) is 5.91 Å². The third kappa shape index (κ3) is 5.49. The maximum atomic E-state index is 12.1. The molecule has 0 aliphatic heterocycles. The number of rotatable bonds is 8. The smallest absolute Gasteiger partial charge is 0.220 e. The highest BCUT2D eigenvalue weighted by Crippen LogP contribution is 2.28. The van der Waals surface area contributed by atoms with Crippen LogP contribution in [0.1, 0.15) is 55.3 Å². The Balaban J connectivity index is 0.00000288. The molecule has 3 N–H and O–H groups in total. The van der Waals surface area contributed by atoms with Gasteiger partial charge >= 0.3 is 0 Å². The first-order valence-corrected chi connectivity index (χ1v) is 8.27. The number of ether oxygens (including phenoxy) is 1. The molecule has 134 valence electrons. The molecule has 1 aliphatic rings. The lowest BCUT2D eigenvalue weighted by molar-refractivity contribution is -0.123. The van der Waals surface area contributed by atoms with Gasteiger partial charge in [-0.1, -0.05) is 12.8 Å². The van der Waals surface area contributed by atoms with E-state index in [2.05, 4.69) is 5.32 Å². The normalized spacial score (nSPS) is 15.4. The molecule has 0 atom stereocenters. The summed E-state index contributed by atoms with van der Waals surface area (Å²) in [6.45, 7) is 0.490. The van der Waals surface area contributed by atoms with Gasteiger partial charge in [-0.05, 0) is 43.5 Å². The van der Waals surface area contributed by atoms with Crippen LogP contribution in [0.25, 0.3) is 0 Å². The Labute approximate surface area is 149 Å². The largest absolute Gasteiger partial charge is 0.497 e. The van der Waals surface area contributed by atoms with Gasteiger partial charge < -0.3 is 15.8 Å². The summed E-state index contributed by atoms with van der Waals surface area (Å²) in [6.07, 6.45) is 5.44. The molecule has 0 unspecified atom stereocenters. The quantitative estimate of drug-likeness (QED) is 0.703. The van der Waals surface area contributed by atoms with Crippen molar-refractivity contribution in [3.8, 4) is 5.75 Å². The van der Waals surface area contributed by atoms with Crippen LogP contribution in [0.4, 0.5) is 0 Å². The van der Waals surface area contributed by atoms with Gasteiger partial charge in [-0.2, -0.15) is 0 Å². The molecule has 0 aromatic heterocycles. The SMILES string of the molecule is COc1ccc(C(=O)CCCC(=O)NC2(CN)CCCC2)cc1.Cl. The minimum absolute atomic E-state index is 0. The molecule has 1 saturated carbocycles. The summed E-state index contributed by atoms with van der Waals surface area (Å²) in [5.41, 5.74) is 6.26. The van der Waals surface area contributed by atoms with Gasteiger partial charge in [0.25, 0.3) is 0 Å². The minimum atomic E-state index is -0.211. The van der Waals surface area contributed by atoms with E-state index in [0.29, 0.717) is 31.4 Å². The van der Waals surface area contributed by atoms with Crippen LogP contribution in [0.15, 0.2) is 24.3 Å². The number of carbonyl (C=O) groups excluding carboxylic acids is 2. The summed E-state index contributed by atoms with van der Waals surface area (Å²) in [6, 6.07) is 7.04. The zero-order valence-corrected chi connectivity index (χ0v) is 15.0. The first-order valence-electron chi connectivity index (χ1n) is 8.27. The number of methoxy groups -OCH3 is 1. The first kappa shape index (κ1) is 20.5. The topological polar surface area (TPSA) is 81.4 Å². The lowest BCUT2D eigenvalue weighted by Gasteiger charge is -2.28. The summed E-state index contributed by atoms with van der Waals surface area (Å²) < 4.78 is 5.07. The highest BCUT2D eigenvalue weighted by molar-refractivity contribution is 5.96. The molecular weight excluding hydrogens is 328 g/mol. The van der Waals surface area contributed by atoms with Crippen molar-refractivity contribution in [1.82, 2.24) is 5.32 Å². The average molecular weight is 355 g/mol. The lowest BCUT2D eigenvalue weighted by atomic mass is 9.97. The molecule has 1 aromatic rings. The Morgan fingerprint density at radius 2 is 1.79 bits per heavy atom. The fraction of sp³-hybridized carbons (Fsp3) is 0.556. The van der Waals surface area contributed by atoms with E-state index < -0.39 is 0 Å². The Morgan fingerprint density at radius 1 is 1.17 bits per heavy atom.